The maximum Gasteiger partial charge on any atom is 0.165 e. The summed E-state index contributed by atoms with van der Waals surface area (Å²) < 4.78 is 1.97. The van der Waals surface area contributed by atoms with Gasteiger partial charge in [-0.3, -0.25) is 4.40 Å². The zero-order valence-corrected chi connectivity index (χ0v) is 10.5. The van der Waals surface area contributed by atoms with Crippen LogP contribution in [0.15, 0.2) is 6.07 Å². The summed E-state index contributed by atoms with van der Waals surface area (Å²) in [6.45, 7) is 6.32. The zero-order chi connectivity index (χ0) is 11.7. The minimum Gasteiger partial charge on any atom is -0.267 e. The number of aromatic nitrogens is 4. The van der Waals surface area contributed by atoms with E-state index in [-0.39, 0.29) is 0 Å². The van der Waals surface area contributed by atoms with E-state index in [1.165, 1.54) is 0 Å². The summed E-state index contributed by atoms with van der Waals surface area (Å²) in [4.78, 5) is 4.21. The molecule has 0 saturated heterocycles. The molecule has 4 nitrogen and oxygen atoms in total. The number of hydrogen-bond acceptors (Lipinski definition) is 3. The summed E-state index contributed by atoms with van der Waals surface area (Å²) in [6.07, 6.45) is 2.02. The molecule has 2 heterocycles. The van der Waals surface area contributed by atoms with Crippen molar-refractivity contribution in [3.63, 3.8) is 0 Å². The SMILES string of the molecule is Cc1nc(Cl)cc2nnc(CCC(C)C)n12. The van der Waals surface area contributed by atoms with E-state index in [2.05, 4.69) is 29.0 Å². The van der Waals surface area contributed by atoms with E-state index in [1.54, 1.807) is 6.07 Å². The lowest BCUT2D eigenvalue weighted by atomic mass is 10.1. The predicted molar refractivity (Wildman–Crippen MR) is 63.7 cm³/mol. The van der Waals surface area contributed by atoms with Crippen LogP contribution >= 0.6 is 11.6 Å². The van der Waals surface area contributed by atoms with Crippen molar-refractivity contribution in [2.45, 2.75) is 33.6 Å². The van der Waals surface area contributed by atoms with Gasteiger partial charge in [-0.1, -0.05) is 25.4 Å². The second kappa shape index (κ2) is 4.37. The molecular formula is C11H15ClN4. The van der Waals surface area contributed by atoms with Gasteiger partial charge < -0.3 is 0 Å². The van der Waals surface area contributed by atoms with E-state index in [9.17, 15) is 0 Å². The summed E-state index contributed by atoms with van der Waals surface area (Å²) >= 11 is 5.87. The molecule has 0 fully saturated rings. The first-order valence-electron chi connectivity index (χ1n) is 5.45. The fourth-order valence-electron chi connectivity index (χ4n) is 1.70. The van der Waals surface area contributed by atoms with Gasteiger partial charge in [0.25, 0.3) is 0 Å². The summed E-state index contributed by atoms with van der Waals surface area (Å²) in [6, 6.07) is 1.74. The Kier molecular flexibility index (Phi) is 3.10. The van der Waals surface area contributed by atoms with Crippen molar-refractivity contribution in [1.82, 2.24) is 19.6 Å². The Hall–Kier alpha value is -1.16. The third-order valence-electron chi connectivity index (χ3n) is 2.54. The lowest BCUT2D eigenvalue weighted by molar-refractivity contribution is 0.571. The first kappa shape index (κ1) is 11.3. The number of fused-ring (bicyclic) bond motifs is 1. The highest BCUT2D eigenvalue weighted by Gasteiger charge is 2.10. The highest BCUT2D eigenvalue weighted by atomic mass is 35.5. The third kappa shape index (κ3) is 2.16. The van der Waals surface area contributed by atoms with Crippen LogP contribution in [-0.4, -0.2) is 19.6 Å². The molecule has 0 amide bonds. The number of rotatable bonds is 3. The molecule has 2 rings (SSSR count). The maximum atomic E-state index is 5.87. The number of halogens is 1. The van der Waals surface area contributed by atoms with Gasteiger partial charge in [-0.25, -0.2) is 4.98 Å². The van der Waals surface area contributed by atoms with Gasteiger partial charge in [0.2, 0.25) is 0 Å². The fraction of sp³-hybridized carbons (Fsp3) is 0.545. The molecule has 0 atom stereocenters. The van der Waals surface area contributed by atoms with Crippen LogP contribution in [-0.2, 0) is 6.42 Å². The van der Waals surface area contributed by atoms with E-state index in [4.69, 9.17) is 11.6 Å². The molecule has 0 aliphatic rings. The number of nitrogens with zero attached hydrogens (tertiary/aromatic N) is 4. The van der Waals surface area contributed by atoms with Crippen LogP contribution in [0.25, 0.3) is 5.65 Å². The summed E-state index contributed by atoms with van der Waals surface area (Å²) in [5.41, 5.74) is 0.774. The zero-order valence-electron chi connectivity index (χ0n) is 9.74. The van der Waals surface area contributed by atoms with Crippen LogP contribution in [0.2, 0.25) is 5.15 Å². The summed E-state index contributed by atoms with van der Waals surface area (Å²) in [5, 5.41) is 8.76. The second-order valence-corrected chi connectivity index (χ2v) is 4.76. The Bertz CT molecular complexity index is 504. The van der Waals surface area contributed by atoms with Crippen LogP contribution in [0.1, 0.15) is 31.9 Å². The first-order chi connectivity index (χ1) is 7.58. The number of aryl methyl sites for hydroxylation is 2. The van der Waals surface area contributed by atoms with Crippen LogP contribution in [0.3, 0.4) is 0 Å². The van der Waals surface area contributed by atoms with Crippen LogP contribution in [0.5, 0.6) is 0 Å². The van der Waals surface area contributed by atoms with Crippen LogP contribution in [0, 0.1) is 12.8 Å². The van der Waals surface area contributed by atoms with Crippen molar-refractivity contribution in [1.29, 1.82) is 0 Å². The van der Waals surface area contributed by atoms with Crippen molar-refractivity contribution in [3.8, 4) is 0 Å². The molecule has 0 aromatic carbocycles. The van der Waals surface area contributed by atoms with Gasteiger partial charge in [0.15, 0.2) is 5.65 Å². The van der Waals surface area contributed by atoms with Crippen molar-refractivity contribution in [3.05, 3.63) is 22.9 Å². The Morgan fingerprint density at radius 3 is 2.81 bits per heavy atom. The normalized spacial score (nSPS) is 11.6. The van der Waals surface area contributed by atoms with Gasteiger partial charge in [0.1, 0.15) is 16.8 Å². The van der Waals surface area contributed by atoms with Gasteiger partial charge in [0, 0.05) is 12.5 Å². The van der Waals surface area contributed by atoms with E-state index >= 15 is 0 Å². The van der Waals surface area contributed by atoms with Crippen molar-refractivity contribution in [2.75, 3.05) is 0 Å². The van der Waals surface area contributed by atoms with Crippen molar-refractivity contribution < 1.29 is 0 Å². The summed E-state index contributed by atoms with van der Waals surface area (Å²) in [5.74, 6) is 2.46. The summed E-state index contributed by atoms with van der Waals surface area (Å²) in [7, 11) is 0. The molecule has 86 valence electrons. The molecule has 2 aromatic rings. The standard InChI is InChI=1S/C11H15ClN4/c1-7(2)4-5-10-14-15-11-6-9(12)13-8(3)16(10)11/h6-7H,4-5H2,1-3H3. The smallest absolute Gasteiger partial charge is 0.165 e. The minimum atomic E-state index is 0.466. The van der Waals surface area contributed by atoms with E-state index in [0.717, 1.165) is 30.1 Å². The molecule has 0 unspecified atom stereocenters. The van der Waals surface area contributed by atoms with E-state index in [1.807, 2.05) is 11.3 Å². The van der Waals surface area contributed by atoms with E-state index < -0.39 is 0 Å². The molecular weight excluding hydrogens is 224 g/mol. The Morgan fingerprint density at radius 1 is 1.38 bits per heavy atom. The topological polar surface area (TPSA) is 43.1 Å². The highest BCUT2D eigenvalue weighted by Crippen LogP contribution is 2.14. The Morgan fingerprint density at radius 2 is 2.12 bits per heavy atom. The van der Waals surface area contributed by atoms with Gasteiger partial charge in [0.05, 0.1) is 0 Å². The van der Waals surface area contributed by atoms with E-state index in [0.29, 0.717) is 11.1 Å². The third-order valence-corrected chi connectivity index (χ3v) is 2.73. The van der Waals surface area contributed by atoms with Gasteiger partial charge in [-0.15, -0.1) is 10.2 Å². The molecule has 0 radical (unpaired) electrons. The molecule has 0 aliphatic carbocycles. The van der Waals surface area contributed by atoms with Crippen LogP contribution in [0.4, 0.5) is 0 Å². The lowest BCUT2D eigenvalue weighted by Gasteiger charge is -2.05. The highest BCUT2D eigenvalue weighted by molar-refractivity contribution is 6.29. The van der Waals surface area contributed by atoms with Gasteiger partial charge in [-0.05, 0) is 19.3 Å². The second-order valence-electron chi connectivity index (χ2n) is 4.37. The van der Waals surface area contributed by atoms with Crippen molar-refractivity contribution in [2.24, 2.45) is 5.92 Å². The molecule has 0 N–H and O–H groups in total. The molecule has 2 aromatic heterocycles. The minimum absolute atomic E-state index is 0.466. The van der Waals surface area contributed by atoms with Crippen LogP contribution < -0.4 is 0 Å². The lowest BCUT2D eigenvalue weighted by Crippen LogP contribution is -2.02. The Balaban J connectivity index is 2.40. The molecule has 0 saturated carbocycles. The average Bonchev–Trinajstić information content (AvgIpc) is 2.57. The molecule has 0 bridgehead atoms. The molecule has 5 heteroatoms. The molecule has 16 heavy (non-hydrogen) atoms. The van der Waals surface area contributed by atoms with Gasteiger partial charge in [-0.2, -0.15) is 0 Å². The largest absolute Gasteiger partial charge is 0.267 e. The first-order valence-corrected chi connectivity index (χ1v) is 5.83. The predicted octanol–water partition coefficient (Wildman–Crippen LogP) is 2.67. The molecule has 0 aliphatic heterocycles. The maximum absolute atomic E-state index is 5.87. The fourth-order valence-corrected chi connectivity index (χ4v) is 1.92. The molecule has 0 spiro atoms. The quantitative estimate of drug-likeness (QED) is 0.773. The van der Waals surface area contributed by atoms with Gasteiger partial charge >= 0.3 is 0 Å². The van der Waals surface area contributed by atoms with Crippen molar-refractivity contribution >= 4 is 17.2 Å². The Labute approximate surface area is 99.7 Å². The monoisotopic (exact) mass is 238 g/mol. The number of hydrogen-bond donors (Lipinski definition) is 0. The average molecular weight is 239 g/mol.